The highest BCUT2D eigenvalue weighted by Gasteiger charge is 2.23. The fourth-order valence-electron chi connectivity index (χ4n) is 1.68. The first-order chi connectivity index (χ1) is 9.26. The van der Waals surface area contributed by atoms with Crippen molar-refractivity contribution in [3.05, 3.63) is 42.1 Å². The minimum absolute atomic E-state index is 0.219. The molecule has 0 amide bonds. The molecule has 0 heterocycles. The van der Waals surface area contributed by atoms with Crippen LogP contribution >= 0.6 is 0 Å². The van der Waals surface area contributed by atoms with Crippen molar-refractivity contribution >= 4 is 11.4 Å². The number of rotatable bonds is 1. The highest BCUT2D eigenvalue weighted by atomic mass is 16.5. The standard InChI is InChI=1S/C8H14N2.C7H10N2O/c1-6-5-7(9)3-4-8(6,2)10;1-10-7-4-5(8)2-3-6(7)9/h3-6H,9-10H2,1-2H3;2-4H,8-9H2,1H3. The van der Waals surface area contributed by atoms with Crippen molar-refractivity contribution < 1.29 is 4.74 Å². The highest BCUT2D eigenvalue weighted by molar-refractivity contribution is 5.59. The summed E-state index contributed by atoms with van der Waals surface area (Å²) in [5.74, 6) is 0.956. The summed E-state index contributed by atoms with van der Waals surface area (Å²) in [5.41, 5.74) is 24.3. The van der Waals surface area contributed by atoms with Crippen LogP contribution in [0, 0.1) is 5.92 Å². The Balaban J connectivity index is 0.000000200. The van der Waals surface area contributed by atoms with E-state index in [2.05, 4.69) is 6.92 Å². The molecule has 2 rings (SSSR count). The van der Waals surface area contributed by atoms with E-state index in [9.17, 15) is 0 Å². The average molecular weight is 276 g/mol. The van der Waals surface area contributed by atoms with Crippen LogP contribution in [0.25, 0.3) is 0 Å². The van der Waals surface area contributed by atoms with Crippen molar-refractivity contribution in [1.82, 2.24) is 0 Å². The number of anilines is 2. The maximum absolute atomic E-state index is 5.90. The molecule has 0 aliphatic heterocycles. The molecule has 2 atom stereocenters. The van der Waals surface area contributed by atoms with Gasteiger partial charge in [-0.1, -0.05) is 19.1 Å². The van der Waals surface area contributed by atoms with Gasteiger partial charge in [-0.2, -0.15) is 0 Å². The summed E-state index contributed by atoms with van der Waals surface area (Å²) in [5, 5.41) is 0. The molecular weight excluding hydrogens is 252 g/mol. The number of nitrogens with two attached hydrogens (primary N) is 4. The van der Waals surface area contributed by atoms with Crippen LogP contribution in [0.3, 0.4) is 0 Å². The summed E-state index contributed by atoms with van der Waals surface area (Å²) in [6.07, 6.45) is 5.80. The summed E-state index contributed by atoms with van der Waals surface area (Å²) in [6.45, 7) is 4.06. The van der Waals surface area contributed by atoms with E-state index in [1.807, 2.05) is 25.2 Å². The third-order valence-electron chi connectivity index (χ3n) is 3.32. The van der Waals surface area contributed by atoms with Crippen LogP contribution in [0.5, 0.6) is 5.75 Å². The summed E-state index contributed by atoms with van der Waals surface area (Å²) in [7, 11) is 1.56. The first-order valence-electron chi connectivity index (χ1n) is 6.40. The lowest BCUT2D eigenvalue weighted by atomic mass is 9.84. The van der Waals surface area contributed by atoms with E-state index in [1.165, 1.54) is 0 Å². The molecule has 0 radical (unpaired) electrons. The largest absolute Gasteiger partial charge is 0.495 e. The summed E-state index contributed by atoms with van der Waals surface area (Å²) in [6, 6.07) is 5.14. The minimum atomic E-state index is -0.219. The Morgan fingerprint density at radius 3 is 2.30 bits per heavy atom. The third kappa shape index (κ3) is 4.20. The zero-order valence-electron chi connectivity index (χ0n) is 12.3. The normalized spacial score (nSPS) is 24.4. The van der Waals surface area contributed by atoms with E-state index < -0.39 is 0 Å². The predicted octanol–water partition coefficient (Wildman–Crippen LogP) is 1.61. The van der Waals surface area contributed by atoms with Gasteiger partial charge < -0.3 is 27.7 Å². The number of ether oxygens (including phenoxy) is 1. The van der Waals surface area contributed by atoms with Gasteiger partial charge in [0.25, 0.3) is 0 Å². The van der Waals surface area contributed by atoms with Gasteiger partial charge in [-0.15, -0.1) is 0 Å². The van der Waals surface area contributed by atoms with E-state index >= 15 is 0 Å². The van der Waals surface area contributed by atoms with Gasteiger partial charge in [-0.25, -0.2) is 0 Å². The lowest BCUT2D eigenvalue weighted by molar-refractivity contribution is 0.417. The second kappa shape index (κ2) is 6.34. The second-order valence-electron chi connectivity index (χ2n) is 5.16. The molecule has 0 saturated heterocycles. The van der Waals surface area contributed by atoms with Crippen LogP contribution in [-0.4, -0.2) is 12.6 Å². The smallest absolute Gasteiger partial charge is 0.143 e. The third-order valence-corrected chi connectivity index (χ3v) is 3.32. The van der Waals surface area contributed by atoms with Crippen molar-refractivity contribution in [2.75, 3.05) is 18.6 Å². The molecule has 1 aliphatic carbocycles. The fourth-order valence-corrected chi connectivity index (χ4v) is 1.68. The molecule has 0 spiro atoms. The molecule has 1 aromatic carbocycles. The van der Waals surface area contributed by atoms with Crippen molar-refractivity contribution in [1.29, 1.82) is 0 Å². The Kier molecular flexibility index (Phi) is 5.05. The molecule has 5 heteroatoms. The molecule has 5 nitrogen and oxygen atoms in total. The number of allylic oxidation sites excluding steroid dienone is 1. The first-order valence-corrected chi connectivity index (χ1v) is 6.40. The second-order valence-corrected chi connectivity index (χ2v) is 5.16. The highest BCUT2D eigenvalue weighted by Crippen LogP contribution is 2.23. The van der Waals surface area contributed by atoms with Gasteiger partial charge in [0.15, 0.2) is 0 Å². The number of hydrogen-bond acceptors (Lipinski definition) is 5. The van der Waals surface area contributed by atoms with Gasteiger partial charge >= 0.3 is 0 Å². The molecule has 0 bridgehead atoms. The fraction of sp³-hybridized carbons (Fsp3) is 0.333. The number of nitrogen functional groups attached to an aromatic ring is 2. The maximum atomic E-state index is 5.90. The van der Waals surface area contributed by atoms with Gasteiger partial charge in [0.05, 0.1) is 12.8 Å². The van der Waals surface area contributed by atoms with Crippen LogP contribution in [0.4, 0.5) is 11.4 Å². The number of benzene rings is 1. The van der Waals surface area contributed by atoms with Crippen molar-refractivity contribution in [3.8, 4) is 5.75 Å². The van der Waals surface area contributed by atoms with Gasteiger partial charge in [0, 0.05) is 23.0 Å². The van der Waals surface area contributed by atoms with E-state index in [4.69, 9.17) is 27.7 Å². The lowest BCUT2D eigenvalue weighted by Gasteiger charge is -2.29. The van der Waals surface area contributed by atoms with Crippen molar-refractivity contribution in [3.63, 3.8) is 0 Å². The van der Waals surface area contributed by atoms with E-state index in [0.29, 0.717) is 23.0 Å². The summed E-state index contributed by atoms with van der Waals surface area (Å²) in [4.78, 5) is 0. The van der Waals surface area contributed by atoms with Crippen LogP contribution in [0.1, 0.15) is 13.8 Å². The molecule has 2 unspecified atom stereocenters. The Hall–Kier alpha value is -2.14. The van der Waals surface area contributed by atoms with E-state index in [-0.39, 0.29) is 5.54 Å². The number of hydrogen-bond donors (Lipinski definition) is 4. The lowest BCUT2D eigenvalue weighted by Crippen LogP contribution is -2.41. The monoisotopic (exact) mass is 276 g/mol. The topological polar surface area (TPSA) is 113 Å². The summed E-state index contributed by atoms with van der Waals surface area (Å²) < 4.78 is 4.92. The molecule has 1 aromatic rings. The minimum Gasteiger partial charge on any atom is -0.495 e. The molecule has 110 valence electrons. The Morgan fingerprint density at radius 1 is 1.20 bits per heavy atom. The Labute approximate surface area is 120 Å². The first kappa shape index (κ1) is 15.9. The van der Waals surface area contributed by atoms with Gasteiger partial charge in [-0.05, 0) is 31.1 Å². The van der Waals surface area contributed by atoms with Crippen molar-refractivity contribution in [2.24, 2.45) is 17.4 Å². The van der Waals surface area contributed by atoms with Crippen LogP contribution in [0.15, 0.2) is 42.1 Å². The zero-order chi connectivity index (χ0) is 15.3. The summed E-state index contributed by atoms with van der Waals surface area (Å²) >= 11 is 0. The number of methoxy groups -OCH3 is 1. The Bertz CT molecular complexity index is 521. The van der Waals surface area contributed by atoms with E-state index in [1.54, 1.807) is 25.3 Å². The van der Waals surface area contributed by atoms with Gasteiger partial charge in [0.2, 0.25) is 0 Å². The molecule has 0 fully saturated rings. The molecule has 20 heavy (non-hydrogen) atoms. The molecular formula is C15H24N4O. The zero-order valence-corrected chi connectivity index (χ0v) is 12.3. The van der Waals surface area contributed by atoms with Gasteiger partial charge in [-0.3, -0.25) is 0 Å². The quantitative estimate of drug-likeness (QED) is 0.582. The van der Waals surface area contributed by atoms with Crippen LogP contribution < -0.4 is 27.7 Å². The Morgan fingerprint density at radius 2 is 1.85 bits per heavy atom. The molecule has 1 aliphatic rings. The van der Waals surface area contributed by atoms with E-state index in [0.717, 1.165) is 5.70 Å². The maximum Gasteiger partial charge on any atom is 0.143 e. The average Bonchev–Trinajstić information content (AvgIpc) is 2.38. The molecule has 8 N–H and O–H groups in total. The molecule has 0 saturated carbocycles. The predicted molar refractivity (Wildman–Crippen MR) is 85.0 cm³/mol. The van der Waals surface area contributed by atoms with Crippen LogP contribution in [0.2, 0.25) is 0 Å². The molecule has 0 aromatic heterocycles. The van der Waals surface area contributed by atoms with Crippen molar-refractivity contribution in [2.45, 2.75) is 19.4 Å². The van der Waals surface area contributed by atoms with Gasteiger partial charge in [0.1, 0.15) is 5.75 Å². The SMILES string of the molecule is CC1C=C(N)C=CC1(C)N.COc1cc(N)ccc1N. The van der Waals surface area contributed by atoms with Crippen LogP contribution in [-0.2, 0) is 0 Å².